The average Bonchev–Trinajstić information content (AvgIpc) is 1.45. The van der Waals surface area contributed by atoms with Gasteiger partial charge in [0.1, 0.15) is 11.2 Å². The second-order valence-corrected chi connectivity index (χ2v) is 78.9. The number of ether oxygens (including phenoxy) is 3. The van der Waals surface area contributed by atoms with Crippen molar-refractivity contribution in [3.8, 4) is 0 Å². The van der Waals surface area contributed by atoms with Crippen molar-refractivity contribution < 1.29 is 85.0 Å². The maximum atomic E-state index is 12.8. The molecule has 4 aliphatic rings. The van der Waals surface area contributed by atoms with Gasteiger partial charge in [-0.25, -0.2) is 18.0 Å². The van der Waals surface area contributed by atoms with Crippen molar-refractivity contribution in [3.05, 3.63) is 245 Å². The number of fused-ring (bicyclic) bond motifs is 1. The predicted octanol–water partition coefficient (Wildman–Crippen LogP) is 19.1. The topological polar surface area (TPSA) is 175 Å². The van der Waals surface area contributed by atoms with E-state index in [1.165, 1.54) is 39.2 Å². The first-order valence-corrected chi connectivity index (χ1v) is 67.6. The van der Waals surface area contributed by atoms with E-state index in [1.807, 2.05) is 129 Å². The number of esters is 2. The number of hydrogen-bond donors (Lipinski definition) is 1. The second kappa shape index (κ2) is 53.4. The Morgan fingerprint density at radius 2 is 1.07 bits per heavy atom. The summed E-state index contributed by atoms with van der Waals surface area (Å²) in [5, 5.41) is 28.4. The molecule has 112 heavy (non-hydrogen) atoms. The zero-order valence-electron chi connectivity index (χ0n) is 71.5. The third-order valence-corrected chi connectivity index (χ3v) is 21.7. The van der Waals surface area contributed by atoms with Crippen molar-refractivity contribution >= 4 is 121 Å². The fourth-order valence-electron chi connectivity index (χ4n) is 14.3. The summed E-state index contributed by atoms with van der Waals surface area (Å²) >= 11 is 7.88. The summed E-state index contributed by atoms with van der Waals surface area (Å²) in [6, 6.07) is 62.4. The number of aliphatic hydroxyl groups is 1. The number of nitrogens with zero attached hydrogens (tertiary/aromatic N) is 4. The number of carbonyl (C=O) groups excluding carboxylic acids is 2. The van der Waals surface area contributed by atoms with Crippen LogP contribution < -0.4 is 42.8 Å². The minimum Gasteiger partial charge on any atom is 1.00 e. The third-order valence-electron chi connectivity index (χ3n) is 20.0. The number of carbonyl (C=O) groups is 2. The number of aliphatic hydroxyl groups excluding tert-OH is 1. The van der Waals surface area contributed by atoms with Crippen LogP contribution in [0.2, 0.25) is 0 Å². The molecule has 2 saturated carbocycles. The van der Waals surface area contributed by atoms with Gasteiger partial charge in [0.15, 0.2) is 11.8 Å². The maximum Gasteiger partial charge on any atom is 1.00 e. The number of benzene rings is 6. The molecule has 2 aliphatic heterocycles. The standard InChI is InChI=1S/C26H37NO3.C26H37NO2.C15H16N.C11H20O2.C10H15NO3S.CH3I3.HI3.2Li/c1-6-7-18-23(24(28)25(29)30-26(3,4)5)27(19-21-14-10-8-11-15-21)20(2)22-16-12-9-13-17-22;1-6-7-18-24(19-25(28)29-26(3,4)5)27(20-22-14-10-8-11-15-22)21(2)23-16-12-9-13-17-23;1-13(15-10-6-3-7-11-15)16-12-14-8-4-2-5-9-14;1-5-6-7-8-9-10(12)13-11(2,3)4;1-8(2)7-3-4-9(8)6-15(12,13)11-10(9,5-7)14-11;1-4(2)3;1-3-2;;/h8-17,20,23-24,28H,6-7,18-19H2,1-5H3;8-17,19,21,24,28H,6-7,18,20H2,1-5H3;2-11,13H,12H2,1H3;8-9H,5-7H2,1-4H3;7H,3-6H2,1-2H3;1H3;3H;;/q;;-1;;;;;2*+1/p-1/b;25-19+;;9-8+;;;;;/t20-,23-,24-;21?,24-;;;;;;;/m00......./s1/i;;;;;;3D;;. The molecule has 2 saturated heterocycles. The van der Waals surface area contributed by atoms with Crippen LogP contribution >= 0.6 is 99.4 Å². The van der Waals surface area contributed by atoms with Crippen molar-refractivity contribution in [2.75, 3.05) is 10.7 Å². The summed E-state index contributed by atoms with van der Waals surface area (Å²) < 4.78 is 48.0. The van der Waals surface area contributed by atoms with Crippen molar-refractivity contribution in [2.24, 2.45) is 16.7 Å². The molecule has 614 valence electrons. The normalized spacial score (nSPS) is 20.0. The van der Waals surface area contributed by atoms with Crippen molar-refractivity contribution in [3.63, 3.8) is 0 Å². The van der Waals surface area contributed by atoms with Gasteiger partial charge in [0.2, 0.25) is 10.0 Å². The SMILES string of the molecule is CC([N-]Cc1ccccc1)c1ccccc1.CC1(C)C2CCC13CS(=O)(=O)N1OC13C2.CCCC/C=C/C(=O)OC(C)(C)C.CCCC[C@@H](/C=C(\[O-])OC(C)(C)C)N(Cc1ccccc1)C(C)c1ccccc1.CCCC[C@@H]([C@H](O)C(=O)OC(C)(C)C)N(Cc1ccccc1)[C@@H](C)c1ccccc1.CI(I)I.[2H]I(I)I.[Li+].[Li+]. The fraction of sp³-hybridized carbons (Fsp3) is 0.528. The fourth-order valence-corrected chi connectivity index (χ4v) is 16.7. The number of rotatable bonds is 28. The number of allylic oxidation sites excluding steroid dienone is 1. The van der Waals surface area contributed by atoms with Crippen LogP contribution in [0.15, 0.2) is 206 Å². The molecule has 6 aromatic rings. The Balaban J connectivity index is 0.000000481. The first-order chi connectivity index (χ1) is 52.2. The summed E-state index contributed by atoms with van der Waals surface area (Å²) in [6.45, 7) is 36.4. The summed E-state index contributed by atoms with van der Waals surface area (Å²) in [5.41, 5.74) is 5.42. The summed E-state index contributed by atoms with van der Waals surface area (Å²) in [5.74, 6) is -0.0933. The summed E-state index contributed by atoms with van der Waals surface area (Å²) in [4.78, 5) is 36.3. The van der Waals surface area contributed by atoms with Crippen molar-refractivity contribution in [1.29, 1.82) is 0.594 Å². The molecule has 2 spiro atoms. The predicted molar refractivity (Wildman–Crippen MR) is 508 cm³/mol. The van der Waals surface area contributed by atoms with Gasteiger partial charge >= 0.3 is 155 Å². The molecule has 0 radical (unpaired) electrons. The van der Waals surface area contributed by atoms with E-state index in [0.717, 1.165) is 94.8 Å². The van der Waals surface area contributed by atoms with E-state index in [-0.39, 0.29) is 108 Å². The molecule has 6 unspecified atom stereocenters. The number of unbranched alkanes of at least 4 members (excludes halogenated alkanes) is 4. The van der Waals surface area contributed by atoms with Crippen LogP contribution in [0.25, 0.3) is 5.32 Å². The van der Waals surface area contributed by atoms with Crippen LogP contribution in [0, 0.1) is 16.7 Å². The van der Waals surface area contributed by atoms with E-state index in [1.54, 1.807) is 6.08 Å². The maximum absolute atomic E-state index is 12.8. The molecule has 0 amide bonds. The van der Waals surface area contributed by atoms with Gasteiger partial charge in [-0.15, -0.1) is 12.6 Å². The Labute approximate surface area is 757 Å². The molecule has 2 bridgehead atoms. The van der Waals surface area contributed by atoms with E-state index < -0.39 is 52.1 Å². The van der Waals surface area contributed by atoms with E-state index in [4.69, 9.17) is 19.6 Å². The molecule has 10 atom stereocenters. The van der Waals surface area contributed by atoms with Crippen molar-refractivity contribution in [2.45, 2.75) is 273 Å². The minimum atomic E-state index is -3.12. The average molecular weight is 2220 g/mol. The van der Waals surface area contributed by atoms with Gasteiger partial charge in [-0.1, -0.05) is 300 Å². The summed E-state index contributed by atoms with van der Waals surface area (Å²) in [6.07, 6.45) is 16.0. The smallest absolute Gasteiger partial charge is 1.00 e. The quantitative estimate of drug-likeness (QED) is 0.00720. The molecule has 6 aromatic carbocycles. The van der Waals surface area contributed by atoms with E-state index in [2.05, 4.69) is 271 Å². The number of halogens is 6. The van der Waals surface area contributed by atoms with Crippen LogP contribution in [0.5, 0.6) is 0 Å². The van der Waals surface area contributed by atoms with Crippen LogP contribution in [-0.2, 0) is 58.3 Å². The molecule has 1 N–H and O–H groups in total. The Hall–Kier alpha value is -1.38. The van der Waals surface area contributed by atoms with Gasteiger partial charge < -0.3 is 29.7 Å². The Morgan fingerprint density at radius 1 is 0.670 bits per heavy atom. The van der Waals surface area contributed by atoms with Gasteiger partial charge in [-0.05, 0) is 138 Å². The summed E-state index contributed by atoms with van der Waals surface area (Å²) in [7, 11) is -3.12. The van der Waals surface area contributed by atoms with Crippen LogP contribution in [0.4, 0.5) is 0 Å². The molecular weight excluding hydrogens is 2090 g/mol. The zero-order chi connectivity index (χ0) is 82.8. The number of hydroxylamine groups is 1. The number of sulfonamides is 1. The van der Waals surface area contributed by atoms with Crippen LogP contribution in [0.1, 0.15) is 246 Å². The Bertz CT molecular complexity index is 3770. The van der Waals surface area contributed by atoms with Gasteiger partial charge in [-0.3, -0.25) is 14.6 Å². The zero-order valence-corrected chi connectivity index (χ0v) is 84.3. The second-order valence-electron chi connectivity index (χ2n) is 32.1. The first-order valence-electron chi connectivity index (χ1n) is 39.1. The first kappa shape index (κ1) is 105. The molecule has 0 aromatic heterocycles. The Kier molecular flexibility index (Phi) is 50.0. The molecule has 14 nitrogen and oxygen atoms in total. The van der Waals surface area contributed by atoms with Crippen LogP contribution in [-0.4, -0.2) is 91.7 Å². The van der Waals surface area contributed by atoms with Gasteiger partial charge in [0.05, 0.1) is 5.75 Å². The monoisotopic (exact) mass is 2220 g/mol. The largest absolute Gasteiger partial charge is 1.00 e. The number of alkyl halides is 1. The molecule has 10 rings (SSSR count). The molecular formula is C89H128I6Li2N4O10S. The van der Waals surface area contributed by atoms with E-state index >= 15 is 0 Å². The van der Waals surface area contributed by atoms with Gasteiger partial charge in [0.25, 0.3) is 0 Å². The minimum absolute atomic E-state index is 0. The molecule has 2 aliphatic carbocycles. The molecule has 2 heterocycles. The molecule has 23 heteroatoms. The molecule has 4 fully saturated rings. The third kappa shape index (κ3) is 36.9. The van der Waals surface area contributed by atoms with E-state index in [9.17, 15) is 28.2 Å². The Morgan fingerprint density at radius 3 is 1.48 bits per heavy atom. The number of hydrogen-bond acceptors (Lipinski definition) is 12. The van der Waals surface area contributed by atoms with Gasteiger partial charge in [-0.2, -0.15) is 0 Å². The van der Waals surface area contributed by atoms with Crippen molar-refractivity contribution in [1.82, 2.24) is 14.3 Å². The van der Waals surface area contributed by atoms with Crippen LogP contribution in [0.3, 0.4) is 0 Å². The van der Waals surface area contributed by atoms with E-state index in [0.29, 0.717) is 18.2 Å². The van der Waals surface area contributed by atoms with Gasteiger partial charge in [0, 0.05) is 60.3 Å².